The highest BCUT2D eigenvalue weighted by Crippen LogP contribution is 2.47. The first-order valence-electron chi connectivity index (χ1n) is 17.1. The topological polar surface area (TPSA) is 16.4 Å². The van der Waals surface area contributed by atoms with Crippen molar-refractivity contribution >= 4 is 71.3 Å². The third-order valence-corrected chi connectivity index (χ3v) is 10.0. The third kappa shape index (κ3) is 4.57. The van der Waals surface area contributed by atoms with E-state index in [9.17, 15) is 0 Å². The predicted molar refractivity (Wildman–Crippen MR) is 212 cm³/mol. The van der Waals surface area contributed by atoms with E-state index in [0.29, 0.717) is 0 Å². The third-order valence-electron chi connectivity index (χ3n) is 10.0. The molecular formula is C48H31NO. The minimum Gasteiger partial charge on any atom is -0.455 e. The van der Waals surface area contributed by atoms with E-state index >= 15 is 0 Å². The number of rotatable bonds is 5. The van der Waals surface area contributed by atoms with Gasteiger partial charge in [0.2, 0.25) is 0 Å². The molecule has 0 amide bonds. The van der Waals surface area contributed by atoms with Crippen LogP contribution in [0.2, 0.25) is 0 Å². The molecule has 9 aromatic carbocycles. The van der Waals surface area contributed by atoms with Crippen LogP contribution in [0.25, 0.3) is 76.5 Å². The van der Waals surface area contributed by atoms with Crippen LogP contribution in [0.1, 0.15) is 0 Å². The van der Waals surface area contributed by atoms with Crippen LogP contribution in [-0.2, 0) is 0 Å². The Kier molecular flexibility index (Phi) is 6.53. The Morgan fingerprint density at radius 2 is 0.940 bits per heavy atom. The molecule has 0 fully saturated rings. The van der Waals surface area contributed by atoms with E-state index in [2.05, 4.69) is 193 Å². The molecule has 0 atom stereocenters. The minimum atomic E-state index is 0.864. The largest absolute Gasteiger partial charge is 0.455 e. The van der Waals surface area contributed by atoms with Crippen LogP contribution in [0, 0.1) is 0 Å². The standard InChI is InChI=1S/C48H31NO/c1-2-15-34(16-3-1)39-19-8-9-20-40(39)43-31-44-47-45(23-12-24-46(47)50-48(44)42-22-11-10-21-41(42)43)49(37-27-25-32-13-4-6-17-35(32)29-37)38-28-26-33-14-5-7-18-36(33)30-38/h1-31H. The van der Waals surface area contributed by atoms with Crippen molar-refractivity contribution in [2.24, 2.45) is 0 Å². The Morgan fingerprint density at radius 1 is 0.360 bits per heavy atom. The van der Waals surface area contributed by atoms with Crippen molar-refractivity contribution in [1.82, 2.24) is 0 Å². The van der Waals surface area contributed by atoms with Crippen molar-refractivity contribution < 1.29 is 4.42 Å². The highest BCUT2D eigenvalue weighted by Gasteiger charge is 2.23. The van der Waals surface area contributed by atoms with Crippen LogP contribution in [0.3, 0.4) is 0 Å². The summed E-state index contributed by atoms with van der Waals surface area (Å²) < 4.78 is 6.85. The van der Waals surface area contributed by atoms with Gasteiger partial charge in [-0.1, -0.05) is 146 Å². The average Bonchev–Trinajstić information content (AvgIpc) is 3.58. The van der Waals surface area contributed by atoms with Gasteiger partial charge in [-0.15, -0.1) is 0 Å². The van der Waals surface area contributed by atoms with Crippen molar-refractivity contribution in [2.75, 3.05) is 4.90 Å². The first-order chi connectivity index (χ1) is 24.8. The second kappa shape index (κ2) is 11.5. The van der Waals surface area contributed by atoms with E-state index in [1.54, 1.807) is 0 Å². The summed E-state index contributed by atoms with van der Waals surface area (Å²) in [4.78, 5) is 2.39. The van der Waals surface area contributed by atoms with Crippen LogP contribution in [-0.4, -0.2) is 0 Å². The fourth-order valence-corrected chi connectivity index (χ4v) is 7.69. The molecule has 0 aliphatic rings. The zero-order valence-corrected chi connectivity index (χ0v) is 27.3. The number of hydrogen-bond acceptors (Lipinski definition) is 2. The zero-order chi connectivity index (χ0) is 33.0. The van der Waals surface area contributed by atoms with Crippen molar-refractivity contribution in [3.05, 3.63) is 188 Å². The Balaban J connectivity index is 1.29. The first kappa shape index (κ1) is 28.4. The maximum absolute atomic E-state index is 6.85. The summed E-state index contributed by atoms with van der Waals surface area (Å²) in [6.45, 7) is 0. The van der Waals surface area contributed by atoms with Gasteiger partial charge in [0.1, 0.15) is 11.2 Å². The number of fused-ring (bicyclic) bond motifs is 7. The van der Waals surface area contributed by atoms with Crippen molar-refractivity contribution in [2.45, 2.75) is 0 Å². The molecule has 1 aromatic heterocycles. The number of furan rings is 1. The second-order valence-corrected chi connectivity index (χ2v) is 12.9. The number of hydrogen-bond donors (Lipinski definition) is 0. The molecule has 0 saturated carbocycles. The first-order valence-corrected chi connectivity index (χ1v) is 17.1. The minimum absolute atomic E-state index is 0.864. The lowest BCUT2D eigenvalue weighted by Gasteiger charge is -2.27. The Labute approximate surface area is 290 Å². The maximum atomic E-state index is 6.85. The molecule has 0 bridgehead atoms. The van der Waals surface area contributed by atoms with Crippen molar-refractivity contribution in [3.63, 3.8) is 0 Å². The highest BCUT2D eigenvalue weighted by atomic mass is 16.3. The molecule has 0 N–H and O–H groups in total. The molecular weight excluding hydrogens is 607 g/mol. The molecule has 0 radical (unpaired) electrons. The van der Waals surface area contributed by atoms with Crippen molar-refractivity contribution in [1.29, 1.82) is 0 Å². The smallest absolute Gasteiger partial charge is 0.143 e. The molecule has 2 heteroatoms. The summed E-state index contributed by atoms with van der Waals surface area (Å²) in [6.07, 6.45) is 0. The molecule has 0 aliphatic carbocycles. The Bertz CT molecular complexity index is 2800. The second-order valence-electron chi connectivity index (χ2n) is 12.9. The van der Waals surface area contributed by atoms with Crippen LogP contribution >= 0.6 is 0 Å². The summed E-state index contributed by atoms with van der Waals surface area (Å²) in [5.74, 6) is 0. The van der Waals surface area contributed by atoms with Gasteiger partial charge in [-0.3, -0.25) is 0 Å². The van der Waals surface area contributed by atoms with Crippen molar-refractivity contribution in [3.8, 4) is 22.3 Å². The van der Waals surface area contributed by atoms with Gasteiger partial charge in [0.15, 0.2) is 0 Å². The molecule has 234 valence electrons. The summed E-state index contributed by atoms with van der Waals surface area (Å²) in [6, 6.07) is 67.5. The lowest BCUT2D eigenvalue weighted by Crippen LogP contribution is -2.10. The molecule has 10 aromatic rings. The number of anilines is 3. The maximum Gasteiger partial charge on any atom is 0.143 e. The lowest BCUT2D eigenvalue weighted by atomic mass is 9.90. The molecule has 0 saturated heterocycles. The lowest BCUT2D eigenvalue weighted by molar-refractivity contribution is 0.672. The van der Waals surface area contributed by atoms with E-state index in [0.717, 1.165) is 44.4 Å². The molecule has 0 aliphatic heterocycles. The average molecular weight is 638 g/mol. The molecule has 2 nitrogen and oxygen atoms in total. The monoisotopic (exact) mass is 637 g/mol. The van der Waals surface area contributed by atoms with Crippen LogP contribution in [0.5, 0.6) is 0 Å². The van der Waals surface area contributed by atoms with E-state index in [1.807, 2.05) is 0 Å². The highest BCUT2D eigenvalue weighted by molar-refractivity contribution is 6.23. The normalized spacial score (nSPS) is 11.6. The van der Waals surface area contributed by atoms with Gasteiger partial charge in [-0.2, -0.15) is 0 Å². The fourth-order valence-electron chi connectivity index (χ4n) is 7.69. The van der Waals surface area contributed by atoms with Gasteiger partial charge in [-0.05, 0) is 91.6 Å². The van der Waals surface area contributed by atoms with Crippen LogP contribution in [0.4, 0.5) is 17.1 Å². The Morgan fingerprint density at radius 3 is 1.64 bits per heavy atom. The van der Waals surface area contributed by atoms with Gasteiger partial charge >= 0.3 is 0 Å². The fraction of sp³-hybridized carbons (Fsp3) is 0. The van der Waals surface area contributed by atoms with Crippen LogP contribution < -0.4 is 4.90 Å². The van der Waals surface area contributed by atoms with Gasteiger partial charge in [0.05, 0.1) is 11.1 Å². The van der Waals surface area contributed by atoms with Gasteiger partial charge in [0.25, 0.3) is 0 Å². The van der Waals surface area contributed by atoms with E-state index in [4.69, 9.17) is 4.42 Å². The molecule has 0 unspecified atom stereocenters. The van der Waals surface area contributed by atoms with E-state index in [-0.39, 0.29) is 0 Å². The summed E-state index contributed by atoms with van der Waals surface area (Å²) in [5, 5.41) is 9.30. The molecule has 1 heterocycles. The SMILES string of the molecule is c1ccc(-c2ccccc2-c2cc3c(oc4cccc(N(c5ccc6ccccc6c5)c5ccc6ccccc6c5)c43)c3ccccc23)cc1. The zero-order valence-electron chi connectivity index (χ0n) is 27.3. The van der Waals surface area contributed by atoms with Crippen LogP contribution in [0.15, 0.2) is 192 Å². The quantitative estimate of drug-likeness (QED) is 0.187. The molecule has 0 spiro atoms. The summed E-state index contributed by atoms with van der Waals surface area (Å²) >= 11 is 0. The number of nitrogens with zero attached hydrogens (tertiary/aromatic N) is 1. The number of benzene rings is 9. The van der Waals surface area contributed by atoms with E-state index in [1.165, 1.54) is 49.2 Å². The molecule has 50 heavy (non-hydrogen) atoms. The summed E-state index contributed by atoms with van der Waals surface area (Å²) in [7, 11) is 0. The van der Waals surface area contributed by atoms with E-state index < -0.39 is 0 Å². The van der Waals surface area contributed by atoms with Gasteiger partial charge in [-0.25, -0.2) is 0 Å². The van der Waals surface area contributed by atoms with Gasteiger partial charge in [0, 0.05) is 22.1 Å². The molecule has 10 rings (SSSR count). The Hall–Kier alpha value is -6.64. The van der Waals surface area contributed by atoms with Gasteiger partial charge < -0.3 is 9.32 Å². The summed E-state index contributed by atoms with van der Waals surface area (Å²) in [5.41, 5.74) is 9.82. The predicted octanol–water partition coefficient (Wildman–Crippen LogP) is 13.8.